The van der Waals surface area contributed by atoms with Crippen LogP contribution in [-0.4, -0.2) is 99.8 Å². The van der Waals surface area contributed by atoms with Crippen molar-refractivity contribution in [3.63, 3.8) is 0 Å². The minimum absolute atomic E-state index is 0.0131. The highest BCUT2D eigenvalue weighted by Crippen LogP contribution is 2.29. The fourth-order valence-corrected chi connectivity index (χ4v) is 6.58. The molecule has 0 spiro atoms. The molecule has 3 heterocycles. The molecule has 5 rings (SSSR count). The number of carbonyl (C=O) groups excluding carboxylic acids is 6. The molecule has 2 saturated heterocycles. The van der Waals surface area contributed by atoms with E-state index in [1.165, 1.54) is 11.8 Å². The highest BCUT2D eigenvalue weighted by atomic mass is 16.3. The standard InChI is InChI=1S/C35H49N7O7/c1-19(2)14-28-35(49)42-18-23(43)16-29(42)34(48)36-13-7-6-10-26(39-31(45)21-11-12-21)32(46)38-20(3)30(44)40-27(33(47)41-28)15-22-17-37-25-9-5-4-8-24(22)25/h4-5,8-9,17,19-21,23,26-29,37,43H,6-7,10-16,18H2,1-3H3,(H,36,48)(H,38,46)(H,39,45)(H,40,44)(H,41,47)/t20-,23-,26+,27+,28-,29+/m1/s1. The van der Waals surface area contributed by atoms with Crippen molar-refractivity contribution in [2.45, 2.75) is 108 Å². The van der Waals surface area contributed by atoms with E-state index >= 15 is 0 Å². The molecular weight excluding hydrogens is 630 g/mol. The van der Waals surface area contributed by atoms with Gasteiger partial charge in [-0.3, -0.25) is 28.8 Å². The second-order valence-electron chi connectivity index (χ2n) is 14.1. The van der Waals surface area contributed by atoms with Crippen LogP contribution in [0.2, 0.25) is 0 Å². The number of fused-ring (bicyclic) bond motifs is 2. The van der Waals surface area contributed by atoms with Gasteiger partial charge >= 0.3 is 0 Å². The zero-order valence-electron chi connectivity index (χ0n) is 28.4. The van der Waals surface area contributed by atoms with Crippen LogP contribution in [0.5, 0.6) is 0 Å². The largest absolute Gasteiger partial charge is 0.391 e. The Morgan fingerprint density at radius 3 is 2.41 bits per heavy atom. The fraction of sp³-hybridized carbons (Fsp3) is 0.600. The van der Waals surface area contributed by atoms with Gasteiger partial charge in [-0.05, 0) is 63.0 Å². The molecule has 1 aliphatic carbocycles. The molecule has 0 unspecified atom stereocenters. The molecule has 1 saturated carbocycles. The first-order valence-corrected chi connectivity index (χ1v) is 17.4. The Hall–Kier alpha value is -4.46. The van der Waals surface area contributed by atoms with Gasteiger partial charge in [-0.25, -0.2) is 0 Å². The number of rotatable bonds is 6. The van der Waals surface area contributed by atoms with Gasteiger partial charge in [0.05, 0.1) is 6.10 Å². The summed E-state index contributed by atoms with van der Waals surface area (Å²) >= 11 is 0. The predicted octanol–water partition coefficient (Wildman–Crippen LogP) is 0.388. The lowest BCUT2D eigenvalue weighted by molar-refractivity contribution is -0.142. The van der Waals surface area contributed by atoms with Crippen molar-refractivity contribution < 1.29 is 33.9 Å². The number of aliphatic hydroxyl groups is 1. The van der Waals surface area contributed by atoms with Gasteiger partial charge in [-0.15, -0.1) is 0 Å². The molecule has 2 aromatic rings. The number of nitrogens with zero attached hydrogens (tertiary/aromatic N) is 1. The molecule has 14 heteroatoms. The fourth-order valence-electron chi connectivity index (χ4n) is 6.58. The zero-order chi connectivity index (χ0) is 35.2. The monoisotopic (exact) mass is 679 g/mol. The topological polar surface area (TPSA) is 202 Å². The van der Waals surface area contributed by atoms with Crippen LogP contribution in [0.4, 0.5) is 0 Å². The second kappa shape index (κ2) is 15.8. The first kappa shape index (κ1) is 35.8. The van der Waals surface area contributed by atoms with Gasteiger partial charge < -0.3 is 41.6 Å². The van der Waals surface area contributed by atoms with Gasteiger partial charge in [0, 0.05) is 48.9 Å². The minimum Gasteiger partial charge on any atom is -0.391 e. The Morgan fingerprint density at radius 1 is 0.939 bits per heavy atom. The van der Waals surface area contributed by atoms with E-state index in [4.69, 9.17) is 0 Å². The zero-order valence-corrected chi connectivity index (χ0v) is 28.4. The summed E-state index contributed by atoms with van der Waals surface area (Å²) in [5, 5.41) is 25.4. The van der Waals surface area contributed by atoms with E-state index in [9.17, 15) is 33.9 Å². The Labute approximate surface area is 285 Å². The number of aliphatic hydroxyl groups excluding tert-OH is 1. The van der Waals surface area contributed by atoms with Gasteiger partial charge in [-0.1, -0.05) is 32.0 Å². The third kappa shape index (κ3) is 9.17. The summed E-state index contributed by atoms with van der Waals surface area (Å²) in [6.07, 6.45) is 4.06. The van der Waals surface area contributed by atoms with Gasteiger partial charge in [-0.2, -0.15) is 0 Å². The lowest BCUT2D eigenvalue weighted by Gasteiger charge is -2.30. The number of para-hydroxylation sites is 1. The number of hydrogen-bond acceptors (Lipinski definition) is 7. The number of H-pyrrole nitrogens is 1. The smallest absolute Gasteiger partial charge is 0.245 e. The maximum absolute atomic E-state index is 14.1. The van der Waals surface area contributed by atoms with E-state index in [0.717, 1.165) is 29.3 Å². The normalized spacial score (nSPS) is 28.1. The number of benzene rings is 1. The van der Waals surface area contributed by atoms with Gasteiger partial charge in [0.15, 0.2) is 0 Å². The summed E-state index contributed by atoms with van der Waals surface area (Å²) < 4.78 is 0. The highest BCUT2D eigenvalue weighted by molar-refractivity contribution is 5.97. The maximum atomic E-state index is 14.1. The Bertz CT molecular complexity index is 1550. The Balaban J connectivity index is 1.44. The van der Waals surface area contributed by atoms with Crippen molar-refractivity contribution in [2.75, 3.05) is 13.1 Å². The molecule has 6 atom stereocenters. The van der Waals surface area contributed by atoms with Gasteiger partial charge in [0.1, 0.15) is 30.2 Å². The van der Waals surface area contributed by atoms with Crippen LogP contribution >= 0.6 is 0 Å². The Morgan fingerprint density at radius 2 is 1.67 bits per heavy atom. The maximum Gasteiger partial charge on any atom is 0.245 e. The van der Waals surface area contributed by atoms with Crippen LogP contribution in [0.3, 0.4) is 0 Å². The summed E-state index contributed by atoms with van der Waals surface area (Å²) in [6, 6.07) is 2.53. The second-order valence-corrected chi connectivity index (χ2v) is 14.1. The molecule has 14 nitrogen and oxygen atoms in total. The van der Waals surface area contributed by atoms with Gasteiger partial charge in [0.2, 0.25) is 35.4 Å². The molecule has 3 fully saturated rings. The van der Waals surface area contributed by atoms with Crippen molar-refractivity contribution in [1.29, 1.82) is 0 Å². The summed E-state index contributed by atoms with van der Waals surface area (Å²) in [6.45, 7) is 5.54. The number of aromatic amines is 1. The third-order valence-electron chi connectivity index (χ3n) is 9.47. The van der Waals surface area contributed by atoms with Crippen molar-refractivity contribution in [2.24, 2.45) is 11.8 Å². The number of amides is 6. The SMILES string of the molecule is CC(C)C[C@H]1NC(=O)[C@H](Cc2c[nH]c3ccccc23)NC(=O)[C@@H](C)NC(=O)[C@@H](NC(=O)C2CC2)CCCCNC(=O)[C@@H]2C[C@@H](O)CN2C1=O. The lowest BCUT2D eigenvalue weighted by atomic mass is 10.00. The Kier molecular flexibility index (Phi) is 11.6. The first-order chi connectivity index (χ1) is 23.4. The quantitative estimate of drug-likeness (QED) is 0.229. The summed E-state index contributed by atoms with van der Waals surface area (Å²) in [5.41, 5.74) is 1.62. The highest BCUT2D eigenvalue weighted by Gasteiger charge is 2.42. The number of carbonyl (C=O) groups is 6. The summed E-state index contributed by atoms with van der Waals surface area (Å²) in [5.74, 6) is -2.97. The average Bonchev–Trinajstić information content (AvgIpc) is 3.73. The molecule has 49 heavy (non-hydrogen) atoms. The van der Waals surface area contributed by atoms with Crippen molar-refractivity contribution in [3.05, 3.63) is 36.0 Å². The van der Waals surface area contributed by atoms with Crippen molar-refractivity contribution in [1.82, 2.24) is 36.5 Å². The van der Waals surface area contributed by atoms with Crippen LogP contribution in [-0.2, 0) is 35.2 Å². The molecule has 7 N–H and O–H groups in total. The van der Waals surface area contributed by atoms with Gasteiger partial charge in [0.25, 0.3) is 0 Å². The van der Waals surface area contributed by atoms with Crippen LogP contribution in [0.1, 0.15) is 71.3 Å². The molecule has 1 aromatic carbocycles. The lowest BCUT2D eigenvalue weighted by Crippen LogP contribution is -2.59. The van der Waals surface area contributed by atoms with Crippen molar-refractivity contribution >= 4 is 46.3 Å². The van der Waals surface area contributed by atoms with E-state index < -0.39 is 65.8 Å². The molecule has 266 valence electrons. The van der Waals surface area contributed by atoms with Crippen molar-refractivity contribution in [3.8, 4) is 0 Å². The molecule has 1 aromatic heterocycles. The predicted molar refractivity (Wildman–Crippen MR) is 181 cm³/mol. The van der Waals surface area contributed by atoms with E-state index in [1.807, 2.05) is 38.1 Å². The molecule has 2 aliphatic heterocycles. The molecular formula is C35H49N7O7. The van der Waals surface area contributed by atoms with E-state index in [1.54, 1.807) is 6.20 Å². The minimum atomic E-state index is -1.13. The molecule has 0 bridgehead atoms. The molecule has 3 aliphatic rings. The van der Waals surface area contributed by atoms with Crippen LogP contribution in [0, 0.1) is 11.8 Å². The van der Waals surface area contributed by atoms with Crippen LogP contribution in [0.25, 0.3) is 10.9 Å². The summed E-state index contributed by atoms with van der Waals surface area (Å²) in [7, 11) is 0. The number of nitrogens with one attached hydrogen (secondary N) is 6. The third-order valence-corrected chi connectivity index (χ3v) is 9.47. The van der Waals surface area contributed by atoms with E-state index in [2.05, 4.69) is 31.6 Å². The number of hydrogen-bond donors (Lipinski definition) is 7. The van der Waals surface area contributed by atoms with Crippen LogP contribution < -0.4 is 26.6 Å². The summed E-state index contributed by atoms with van der Waals surface area (Å²) in [4.78, 5) is 85.5. The first-order valence-electron chi connectivity index (χ1n) is 17.4. The molecule has 6 amide bonds. The number of aromatic nitrogens is 1. The average molecular weight is 680 g/mol. The van der Waals surface area contributed by atoms with E-state index in [-0.39, 0.29) is 56.5 Å². The van der Waals surface area contributed by atoms with Crippen LogP contribution in [0.15, 0.2) is 30.5 Å². The van der Waals surface area contributed by atoms with E-state index in [0.29, 0.717) is 12.8 Å². The molecule has 0 radical (unpaired) electrons.